The molecule has 1 fully saturated rings. The molecule has 0 bridgehead atoms. The molecule has 0 heterocycles. The molecule has 0 saturated heterocycles. The summed E-state index contributed by atoms with van der Waals surface area (Å²) in [5.74, 6) is 0.542. The van der Waals surface area contributed by atoms with E-state index >= 15 is 0 Å². The average molecular weight is 274 g/mol. The smallest absolute Gasteiger partial charge is 0.315 e. The number of nitrogens with one attached hydrogen (secondary N) is 2. The standard InChI is InChI=1S/C13H26N2O2S/c1-10(2)9-17-7-6-14-13(16)15-11-4-5-12(8-11)18-3/h10-12H,4-9H2,1-3H3,(H2,14,15,16)/t11-,12-/m0/s1. The largest absolute Gasteiger partial charge is 0.379 e. The third kappa shape index (κ3) is 6.50. The van der Waals surface area contributed by atoms with Gasteiger partial charge in [-0.05, 0) is 31.4 Å². The van der Waals surface area contributed by atoms with Crippen LogP contribution in [0.3, 0.4) is 0 Å². The van der Waals surface area contributed by atoms with E-state index in [0.717, 1.165) is 19.4 Å². The number of carbonyl (C=O) groups excluding carboxylic acids is 1. The number of hydrogen-bond acceptors (Lipinski definition) is 3. The molecule has 4 nitrogen and oxygen atoms in total. The Kier molecular flexibility index (Phi) is 7.51. The molecule has 1 rings (SSSR count). The molecule has 0 aromatic carbocycles. The molecule has 1 aliphatic rings. The monoisotopic (exact) mass is 274 g/mol. The summed E-state index contributed by atoms with van der Waals surface area (Å²) in [6, 6.07) is 0.286. The van der Waals surface area contributed by atoms with Crippen LogP contribution in [-0.4, -0.2) is 43.3 Å². The second-order valence-electron chi connectivity index (χ2n) is 5.24. The van der Waals surface area contributed by atoms with Gasteiger partial charge in [0.2, 0.25) is 0 Å². The highest BCUT2D eigenvalue weighted by Gasteiger charge is 2.24. The molecule has 0 spiro atoms. The highest BCUT2D eigenvalue weighted by Crippen LogP contribution is 2.27. The Bertz CT molecular complexity index is 249. The first-order valence-corrected chi connectivity index (χ1v) is 8.05. The van der Waals surface area contributed by atoms with Crippen molar-refractivity contribution in [1.82, 2.24) is 10.6 Å². The van der Waals surface area contributed by atoms with Gasteiger partial charge >= 0.3 is 6.03 Å². The zero-order valence-corrected chi connectivity index (χ0v) is 12.5. The normalized spacial score (nSPS) is 23.3. The Morgan fingerprint density at radius 3 is 2.83 bits per heavy atom. The summed E-state index contributed by atoms with van der Waals surface area (Å²) in [4.78, 5) is 11.6. The minimum atomic E-state index is -0.0603. The Morgan fingerprint density at radius 2 is 2.22 bits per heavy atom. The zero-order chi connectivity index (χ0) is 13.4. The third-order valence-corrected chi connectivity index (χ3v) is 4.13. The van der Waals surface area contributed by atoms with Crippen molar-refractivity contribution in [2.75, 3.05) is 26.0 Å². The van der Waals surface area contributed by atoms with Crippen LogP contribution < -0.4 is 10.6 Å². The third-order valence-electron chi connectivity index (χ3n) is 3.04. The van der Waals surface area contributed by atoms with Gasteiger partial charge in [0.1, 0.15) is 0 Å². The highest BCUT2D eigenvalue weighted by molar-refractivity contribution is 7.99. The molecular formula is C13H26N2O2S. The van der Waals surface area contributed by atoms with Gasteiger partial charge in [0.05, 0.1) is 6.61 Å². The van der Waals surface area contributed by atoms with Gasteiger partial charge < -0.3 is 15.4 Å². The van der Waals surface area contributed by atoms with Crippen molar-refractivity contribution < 1.29 is 9.53 Å². The quantitative estimate of drug-likeness (QED) is 0.700. The van der Waals surface area contributed by atoms with Crippen LogP contribution in [0.1, 0.15) is 33.1 Å². The second-order valence-corrected chi connectivity index (χ2v) is 6.37. The summed E-state index contributed by atoms with van der Waals surface area (Å²) < 4.78 is 5.40. The van der Waals surface area contributed by atoms with Gasteiger partial charge in [0.15, 0.2) is 0 Å². The summed E-state index contributed by atoms with van der Waals surface area (Å²) in [5, 5.41) is 6.57. The molecule has 0 aromatic heterocycles. The van der Waals surface area contributed by atoms with Gasteiger partial charge in [-0.1, -0.05) is 13.8 Å². The summed E-state index contributed by atoms with van der Waals surface area (Å²) in [5.41, 5.74) is 0. The van der Waals surface area contributed by atoms with Gasteiger partial charge in [-0.3, -0.25) is 0 Å². The lowest BCUT2D eigenvalue weighted by Gasteiger charge is -2.14. The second kappa shape index (κ2) is 8.64. The molecule has 1 aliphatic carbocycles. The fourth-order valence-corrected chi connectivity index (χ4v) is 2.87. The van der Waals surface area contributed by atoms with E-state index in [-0.39, 0.29) is 6.03 Å². The van der Waals surface area contributed by atoms with Crippen molar-refractivity contribution in [3.63, 3.8) is 0 Å². The maximum Gasteiger partial charge on any atom is 0.315 e. The van der Waals surface area contributed by atoms with Crippen LogP contribution in [0, 0.1) is 5.92 Å². The molecule has 0 unspecified atom stereocenters. The van der Waals surface area contributed by atoms with E-state index in [0.29, 0.717) is 30.4 Å². The molecule has 0 aromatic rings. The zero-order valence-electron chi connectivity index (χ0n) is 11.7. The molecule has 0 aliphatic heterocycles. The average Bonchev–Trinajstić information content (AvgIpc) is 2.76. The Morgan fingerprint density at radius 1 is 1.44 bits per heavy atom. The van der Waals surface area contributed by atoms with Gasteiger partial charge in [0.25, 0.3) is 0 Å². The lowest BCUT2D eigenvalue weighted by molar-refractivity contribution is 0.112. The van der Waals surface area contributed by atoms with E-state index in [9.17, 15) is 4.79 Å². The molecule has 2 amide bonds. The van der Waals surface area contributed by atoms with E-state index in [4.69, 9.17) is 4.74 Å². The first-order chi connectivity index (χ1) is 8.61. The minimum absolute atomic E-state index is 0.0603. The number of hydrogen-bond donors (Lipinski definition) is 2. The topological polar surface area (TPSA) is 50.4 Å². The Balaban J connectivity index is 2.00. The lowest BCUT2D eigenvalue weighted by atomic mass is 10.2. The fraction of sp³-hybridized carbons (Fsp3) is 0.923. The van der Waals surface area contributed by atoms with Crippen LogP contribution >= 0.6 is 11.8 Å². The molecule has 0 radical (unpaired) electrons. The first-order valence-electron chi connectivity index (χ1n) is 6.76. The van der Waals surface area contributed by atoms with Crippen LogP contribution in [0.25, 0.3) is 0 Å². The van der Waals surface area contributed by atoms with Gasteiger partial charge in [-0.2, -0.15) is 11.8 Å². The van der Waals surface area contributed by atoms with Crippen molar-refractivity contribution in [2.45, 2.75) is 44.4 Å². The number of urea groups is 1. The Hall–Kier alpha value is -0.420. The first kappa shape index (κ1) is 15.6. The van der Waals surface area contributed by atoms with Gasteiger partial charge in [-0.15, -0.1) is 0 Å². The van der Waals surface area contributed by atoms with Gasteiger partial charge in [0, 0.05) is 24.4 Å². The number of carbonyl (C=O) groups is 1. The molecule has 1 saturated carbocycles. The number of rotatable bonds is 7. The number of ether oxygens (including phenoxy) is 1. The molecule has 5 heteroatoms. The maximum atomic E-state index is 11.6. The molecular weight excluding hydrogens is 248 g/mol. The predicted octanol–water partition coefficient (Wildman–Crippen LogP) is 2.24. The van der Waals surface area contributed by atoms with Crippen LogP contribution in [0.4, 0.5) is 4.79 Å². The van der Waals surface area contributed by atoms with Crippen molar-refractivity contribution in [2.24, 2.45) is 5.92 Å². The predicted molar refractivity (Wildman–Crippen MR) is 77.1 cm³/mol. The lowest BCUT2D eigenvalue weighted by Crippen LogP contribution is -2.42. The van der Waals surface area contributed by atoms with E-state index in [1.807, 2.05) is 11.8 Å². The summed E-state index contributed by atoms with van der Waals surface area (Å²) in [6.45, 7) is 6.15. The number of amides is 2. The summed E-state index contributed by atoms with van der Waals surface area (Å²) >= 11 is 1.90. The summed E-state index contributed by atoms with van der Waals surface area (Å²) in [6.07, 6.45) is 5.55. The molecule has 2 atom stereocenters. The van der Waals surface area contributed by atoms with E-state index in [1.54, 1.807) is 0 Å². The fourth-order valence-electron chi connectivity index (χ4n) is 2.08. The van der Waals surface area contributed by atoms with Crippen molar-refractivity contribution >= 4 is 17.8 Å². The van der Waals surface area contributed by atoms with Crippen molar-refractivity contribution in [3.8, 4) is 0 Å². The van der Waals surface area contributed by atoms with Crippen LogP contribution in [0.5, 0.6) is 0 Å². The molecule has 106 valence electrons. The number of thioether (sulfide) groups is 1. The van der Waals surface area contributed by atoms with Crippen molar-refractivity contribution in [3.05, 3.63) is 0 Å². The maximum absolute atomic E-state index is 11.6. The highest BCUT2D eigenvalue weighted by atomic mass is 32.2. The SMILES string of the molecule is CS[C@H]1CC[C@H](NC(=O)NCCOCC(C)C)C1. The van der Waals surface area contributed by atoms with E-state index in [1.165, 1.54) is 6.42 Å². The van der Waals surface area contributed by atoms with Crippen LogP contribution in [-0.2, 0) is 4.74 Å². The Labute approximate surface area is 115 Å². The van der Waals surface area contributed by atoms with Crippen LogP contribution in [0.15, 0.2) is 0 Å². The van der Waals surface area contributed by atoms with Crippen molar-refractivity contribution in [1.29, 1.82) is 0 Å². The molecule has 2 N–H and O–H groups in total. The summed E-state index contributed by atoms with van der Waals surface area (Å²) in [7, 11) is 0. The van der Waals surface area contributed by atoms with E-state index < -0.39 is 0 Å². The van der Waals surface area contributed by atoms with E-state index in [2.05, 4.69) is 30.7 Å². The minimum Gasteiger partial charge on any atom is -0.379 e. The molecule has 18 heavy (non-hydrogen) atoms. The van der Waals surface area contributed by atoms with Crippen LogP contribution in [0.2, 0.25) is 0 Å². The van der Waals surface area contributed by atoms with Gasteiger partial charge in [-0.25, -0.2) is 4.79 Å².